The number of aryl methyl sites for hydroxylation is 1. The molecule has 0 unspecified atom stereocenters. The number of pyridine rings is 1. The summed E-state index contributed by atoms with van der Waals surface area (Å²) in [5, 5.41) is 4.76. The van der Waals surface area contributed by atoms with Gasteiger partial charge in [0.2, 0.25) is 22.7 Å². The second kappa shape index (κ2) is 13.7. The van der Waals surface area contributed by atoms with Gasteiger partial charge in [-0.1, -0.05) is 12.1 Å². The van der Waals surface area contributed by atoms with Crippen molar-refractivity contribution in [2.75, 3.05) is 36.0 Å². The molecule has 1 N–H and O–H groups in total. The molecule has 2 aliphatic heterocycles. The lowest BCUT2D eigenvalue weighted by Crippen LogP contribution is -2.47. The summed E-state index contributed by atoms with van der Waals surface area (Å²) in [7, 11) is -3.47. The molecular weight excluding hydrogens is 657 g/mol. The number of fused-ring (bicyclic) bond motifs is 1. The monoisotopic (exact) mass is 693 g/mol. The van der Waals surface area contributed by atoms with Crippen molar-refractivity contribution < 1.29 is 36.6 Å². The molecule has 2 amide bonds. The summed E-state index contributed by atoms with van der Waals surface area (Å²) in [6, 6.07) is 11.0. The second-order valence-corrected chi connectivity index (χ2v) is 13.5. The summed E-state index contributed by atoms with van der Waals surface area (Å²) in [6.45, 7) is 8.23. The molecule has 16 heteroatoms. The molecule has 2 aliphatic rings. The molecule has 0 radical (unpaired) electrons. The standard InChI is InChI=1S/C33H36FN7O7S/c1-20-9-10-22-23(11-12-25(34)27(22)41(49(44)45)40-17-18-46-32(40)43)28(20)47-29-24(8-5-14-35-29)26-13-15-36-30(38-26)37-21-7-6-16-39(19-21)31(42)48-33(2,3)4/h5,8-15,21,49H,6-7,16-19H2,1-4H3,(H,36,37,38)/t21-/m0/s1. The number of likely N-dealkylation sites (tertiary alicyclic amines) is 1. The van der Waals surface area contributed by atoms with Gasteiger partial charge in [0.1, 0.15) is 29.5 Å². The molecule has 2 fully saturated rings. The number of halogens is 1. The fourth-order valence-electron chi connectivity index (χ4n) is 5.74. The molecule has 4 aromatic rings. The summed E-state index contributed by atoms with van der Waals surface area (Å²) in [4.78, 5) is 40.2. The van der Waals surface area contributed by atoms with Crippen molar-refractivity contribution in [1.82, 2.24) is 24.9 Å². The van der Waals surface area contributed by atoms with Crippen LogP contribution in [-0.4, -0.2) is 83.3 Å². The van der Waals surface area contributed by atoms with E-state index in [1.54, 1.807) is 54.5 Å². The van der Waals surface area contributed by atoms with Crippen molar-refractivity contribution >= 4 is 45.5 Å². The summed E-state index contributed by atoms with van der Waals surface area (Å²) in [5.41, 5.74) is 0.778. The Bertz CT molecular complexity index is 1980. The van der Waals surface area contributed by atoms with E-state index in [9.17, 15) is 18.0 Å². The third-order valence-electron chi connectivity index (χ3n) is 7.90. The average molecular weight is 694 g/mol. The maximum absolute atomic E-state index is 15.4. The normalized spacial score (nSPS) is 16.5. The highest BCUT2D eigenvalue weighted by molar-refractivity contribution is 7.74. The molecule has 4 heterocycles. The summed E-state index contributed by atoms with van der Waals surface area (Å²) in [6.07, 6.45) is 3.50. The number of aromatic nitrogens is 3. The number of piperidine rings is 1. The fraction of sp³-hybridized carbons (Fsp3) is 0.364. The molecule has 0 spiro atoms. The maximum Gasteiger partial charge on any atom is 0.429 e. The number of nitrogens with one attached hydrogen (secondary N) is 1. The molecule has 0 bridgehead atoms. The first kappa shape index (κ1) is 33.6. The summed E-state index contributed by atoms with van der Waals surface area (Å²) >= 11 is 0. The molecule has 2 saturated heterocycles. The number of carbonyl (C=O) groups is 2. The van der Waals surface area contributed by atoms with E-state index in [-0.39, 0.29) is 42.2 Å². The second-order valence-electron chi connectivity index (χ2n) is 12.6. The van der Waals surface area contributed by atoms with Gasteiger partial charge < -0.3 is 24.4 Å². The van der Waals surface area contributed by atoms with Crippen LogP contribution in [0.3, 0.4) is 0 Å². The quantitative estimate of drug-likeness (QED) is 0.227. The Hall–Kier alpha value is -5.25. The van der Waals surface area contributed by atoms with E-state index >= 15 is 4.39 Å². The van der Waals surface area contributed by atoms with Crippen LogP contribution in [0.4, 0.5) is 25.6 Å². The summed E-state index contributed by atoms with van der Waals surface area (Å²) in [5.74, 6) is 0.00266. The number of thiol groups is 1. The number of hydrazine groups is 1. The Balaban J connectivity index is 1.30. The van der Waals surface area contributed by atoms with Crippen LogP contribution in [0.2, 0.25) is 0 Å². The number of anilines is 2. The number of cyclic esters (lactones) is 1. The third-order valence-corrected chi connectivity index (χ3v) is 8.63. The topological polar surface area (TPSA) is 156 Å². The van der Waals surface area contributed by atoms with Gasteiger partial charge in [0.15, 0.2) is 0 Å². The van der Waals surface area contributed by atoms with Gasteiger partial charge >= 0.3 is 12.2 Å². The average Bonchev–Trinajstić information content (AvgIpc) is 3.48. The molecule has 6 rings (SSSR count). The van der Waals surface area contributed by atoms with Crippen LogP contribution < -0.4 is 14.5 Å². The first-order valence-electron chi connectivity index (χ1n) is 15.7. The predicted molar refractivity (Wildman–Crippen MR) is 179 cm³/mol. The minimum atomic E-state index is -3.47. The van der Waals surface area contributed by atoms with Gasteiger partial charge in [-0.25, -0.2) is 42.4 Å². The lowest BCUT2D eigenvalue weighted by atomic mass is 10.0. The van der Waals surface area contributed by atoms with Crippen molar-refractivity contribution in [1.29, 1.82) is 0 Å². The predicted octanol–water partition coefficient (Wildman–Crippen LogP) is 5.44. The van der Waals surface area contributed by atoms with Crippen molar-refractivity contribution in [3.05, 3.63) is 66.2 Å². The number of ether oxygens (including phenoxy) is 3. The highest BCUT2D eigenvalue weighted by Gasteiger charge is 2.34. The van der Waals surface area contributed by atoms with Gasteiger partial charge in [0, 0.05) is 42.3 Å². The fourth-order valence-corrected chi connectivity index (χ4v) is 6.45. The lowest BCUT2D eigenvalue weighted by Gasteiger charge is -2.34. The van der Waals surface area contributed by atoms with Crippen LogP contribution in [0, 0.1) is 12.7 Å². The maximum atomic E-state index is 15.4. The van der Waals surface area contributed by atoms with E-state index in [4.69, 9.17) is 19.2 Å². The molecule has 2 aromatic heterocycles. The van der Waals surface area contributed by atoms with Gasteiger partial charge in [-0.2, -0.15) is 4.41 Å². The van der Waals surface area contributed by atoms with E-state index < -0.39 is 28.4 Å². The molecule has 1 atom stereocenters. The smallest absolute Gasteiger partial charge is 0.429 e. The molecule has 0 aliphatic carbocycles. The van der Waals surface area contributed by atoms with Gasteiger partial charge in [-0.05, 0) is 76.4 Å². The highest BCUT2D eigenvalue weighted by Crippen LogP contribution is 2.41. The van der Waals surface area contributed by atoms with E-state index in [2.05, 4.69) is 15.3 Å². The van der Waals surface area contributed by atoms with Crippen LogP contribution in [0.5, 0.6) is 11.6 Å². The Morgan fingerprint density at radius 1 is 1.08 bits per heavy atom. The third kappa shape index (κ3) is 7.28. The molecule has 258 valence electrons. The van der Waals surface area contributed by atoms with Gasteiger partial charge in [-0.15, -0.1) is 0 Å². The van der Waals surface area contributed by atoms with E-state index in [1.165, 1.54) is 6.07 Å². The highest BCUT2D eigenvalue weighted by atomic mass is 32.2. The zero-order valence-electron chi connectivity index (χ0n) is 27.4. The Kier molecular flexibility index (Phi) is 9.41. The number of hydrogen-bond acceptors (Lipinski definition) is 11. The van der Waals surface area contributed by atoms with E-state index in [0.29, 0.717) is 51.4 Å². The van der Waals surface area contributed by atoms with Crippen LogP contribution in [-0.2, 0) is 20.4 Å². The minimum Gasteiger partial charge on any atom is -0.446 e. The van der Waals surface area contributed by atoms with Crippen molar-refractivity contribution in [3.8, 4) is 22.9 Å². The first-order chi connectivity index (χ1) is 23.4. The molecule has 0 saturated carbocycles. The zero-order valence-corrected chi connectivity index (χ0v) is 28.3. The van der Waals surface area contributed by atoms with Crippen LogP contribution in [0.1, 0.15) is 39.2 Å². The van der Waals surface area contributed by atoms with E-state index in [0.717, 1.165) is 23.9 Å². The van der Waals surface area contributed by atoms with E-state index in [1.807, 2.05) is 20.8 Å². The largest absolute Gasteiger partial charge is 0.446 e. The lowest BCUT2D eigenvalue weighted by molar-refractivity contribution is 0.0206. The number of carbonyl (C=O) groups excluding carboxylic acids is 2. The van der Waals surface area contributed by atoms with Crippen LogP contribution >= 0.6 is 0 Å². The number of hydrogen-bond donors (Lipinski definition) is 2. The van der Waals surface area contributed by atoms with Gasteiger partial charge in [-0.3, -0.25) is 0 Å². The Morgan fingerprint density at radius 2 is 1.88 bits per heavy atom. The number of rotatable bonds is 8. The molecule has 14 nitrogen and oxygen atoms in total. The number of benzene rings is 2. The first-order valence-corrected chi connectivity index (χ1v) is 16.8. The Labute approximate surface area is 283 Å². The van der Waals surface area contributed by atoms with Crippen LogP contribution in [0.15, 0.2) is 54.9 Å². The van der Waals surface area contributed by atoms with Gasteiger partial charge in [0.05, 0.1) is 17.8 Å². The van der Waals surface area contributed by atoms with Crippen molar-refractivity contribution in [3.63, 3.8) is 0 Å². The number of amides is 2. The van der Waals surface area contributed by atoms with Crippen molar-refractivity contribution in [2.24, 2.45) is 0 Å². The zero-order chi connectivity index (χ0) is 34.9. The Morgan fingerprint density at radius 3 is 2.61 bits per heavy atom. The van der Waals surface area contributed by atoms with Crippen molar-refractivity contribution in [2.45, 2.75) is 52.2 Å². The van der Waals surface area contributed by atoms with Crippen LogP contribution in [0.25, 0.3) is 22.0 Å². The number of nitrogens with zero attached hydrogens (tertiary/aromatic N) is 6. The van der Waals surface area contributed by atoms with Gasteiger partial charge in [0.25, 0.3) is 0 Å². The molecular formula is C33H36FN7O7S. The molecule has 49 heavy (non-hydrogen) atoms. The SMILES string of the molecule is Cc1ccc2c(N(N3CCOC3=O)[SH](=O)=O)c(F)ccc2c1Oc1ncccc1-c1ccnc(N[C@H]2CCCN(C(=O)OC(C)(C)C)C2)n1. The molecule has 2 aromatic carbocycles. The summed E-state index contributed by atoms with van der Waals surface area (Å²) < 4.78 is 57.7. The minimum absolute atomic E-state index is 0.0354.